The quantitative estimate of drug-likeness (QED) is 0.141. The Bertz CT molecular complexity index is 2860. The lowest BCUT2D eigenvalue weighted by molar-refractivity contribution is 0.490. The van der Waals surface area contributed by atoms with E-state index in [9.17, 15) is 0 Å². The Labute approximate surface area is 385 Å². The summed E-state index contributed by atoms with van der Waals surface area (Å²) >= 11 is 0. The first kappa shape index (κ1) is 40.6. The van der Waals surface area contributed by atoms with Crippen LogP contribution < -0.4 is 9.80 Å². The second kappa shape index (κ2) is 15.5. The highest BCUT2D eigenvalue weighted by molar-refractivity contribution is 5.89. The van der Waals surface area contributed by atoms with Crippen molar-refractivity contribution >= 4 is 58.4 Å². The summed E-state index contributed by atoms with van der Waals surface area (Å²) in [7, 11) is 0. The molecule has 0 atom stereocenters. The lowest BCUT2D eigenvalue weighted by Crippen LogP contribution is -2.30. The molecule has 65 heavy (non-hydrogen) atoms. The van der Waals surface area contributed by atoms with Crippen molar-refractivity contribution in [2.45, 2.75) is 70.6 Å². The average molecular weight is 841 g/mol. The van der Waals surface area contributed by atoms with Gasteiger partial charge < -0.3 is 9.80 Å². The van der Waals surface area contributed by atoms with Gasteiger partial charge in [-0.1, -0.05) is 199 Å². The molecule has 0 saturated carbocycles. The zero-order valence-electron chi connectivity index (χ0n) is 38.4. The standard InChI is InChI=1S/C63H56N2/c1-7-63(8-2)55-41-45(27-25-43-29-35-47(36-30-43)64-57-21-13-9-17-51(57)61(3,4)52-18-10-14-22-58(52)64)33-39-49(55)50-40-34-46(42-56(50)63)28-26-44-31-37-48(38-32-44)65-59-23-15-11-19-53(59)62(5,6)54-20-12-16-24-60(54)65/h9-42H,7-8H2,1-6H3/b27-25+,28-26+. The minimum absolute atomic E-state index is 0.0349. The minimum atomic E-state index is -0.0705. The van der Waals surface area contributed by atoms with Crippen LogP contribution in [0, 0.1) is 0 Å². The molecule has 0 unspecified atom stereocenters. The first-order chi connectivity index (χ1) is 31.6. The van der Waals surface area contributed by atoms with Gasteiger partial charge in [0, 0.05) is 27.6 Å². The number of fused-ring (bicyclic) bond motifs is 7. The monoisotopic (exact) mass is 840 g/mol. The van der Waals surface area contributed by atoms with Gasteiger partial charge in [0.25, 0.3) is 0 Å². The third kappa shape index (κ3) is 6.45. The molecule has 8 aromatic rings. The molecule has 2 heterocycles. The molecule has 2 heteroatoms. The summed E-state index contributed by atoms with van der Waals surface area (Å²) in [5, 5.41) is 0. The van der Waals surface area contributed by atoms with Crippen LogP contribution in [-0.2, 0) is 16.2 Å². The van der Waals surface area contributed by atoms with Crippen LogP contribution in [0.3, 0.4) is 0 Å². The first-order valence-corrected chi connectivity index (χ1v) is 23.5. The molecule has 0 saturated heterocycles. The molecule has 0 bridgehead atoms. The maximum absolute atomic E-state index is 2.45. The van der Waals surface area contributed by atoms with Crippen molar-refractivity contribution in [2.24, 2.45) is 0 Å². The predicted molar refractivity (Wildman–Crippen MR) is 278 cm³/mol. The van der Waals surface area contributed by atoms with E-state index >= 15 is 0 Å². The maximum Gasteiger partial charge on any atom is 0.0502 e. The molecule has 8 aromatic carbocycles. The molecule has 0 radical (unpaired) electrons. The van der Waals surface area contributed by atoms with Gasteiger partial charge in [0.1, 0.15) is 0 Å². The van der Waals surface area contributed by atoms with Crippen LogP contribution in [0.15, 0.2) is 182 Å². The average Bonchev–Trinajstić information content (AvgIpc) is 3.62. The van der Waals surface area contributed by atoms with E-state index in [1.807, 2.05) is 0 Å². The normalized spacial score (nSPS) is 15.8. The number of anilines is 6. The summed E-state index contributed by atoms with van der Waals surface area (Å²) in [6.45, 7) is 14.1. The zero-order chi connectivity index (χ0) is 44.5. The summed E-state index contributed by atoms with van der Waals surface area (Å²) < 4.78 is 0. The Balaban J connectivity index is 0.837. The van der Waals surface area contributed by atoms with E-state index in [1.165, 1.54) is 101 Å². The maximum atomic E-state index is 2.45. The van der Waals surface area contributed by atoms with Crippen molar-refractivity contribution in [1.82, 2.24) is 0 Å². The smallest absolute Gasteiger partial charge is 0.0502 e. The molecule has 0 fully saturated rings. The topological polar surface area (TPSA) is 6.48 Å². The van der Waals surface area contributed by atoms with Crippen LogP contribution in [-0.4, -0.2) is 0 Å². The number of nitrogens with zero attached hydrogens (tertiary/aromatic N) is 2. The number of para-hydroxylation sites is 4. The lowest BCUT2D eigenvalue weighted by Gasteiger charge is -2.42. The van der Waals surface area contributed by atoms with E-state index < -0.39 is 0 Å². The third-order valence-corrected chi connectivity index (χ3v) is 15.1. The second-order valence-corrected chi connectivity index (χ2v) is 19.2. The van der Waals surface area contributed by atoms with Crippen LogP contribution in [0.25, 0.3) is 35.4 Å². The van der Waals surface area contributed by atoms with E-state index in [4.69, 9.17) is 0 Å². The molecule has 11 rings (SSSR count). The van der Waals surface area contributed by atoms with Crippen molar-refractivity contribution in [2.75, 3.05) is 9.80 Å². The number of rotatable bonds is 8. The number of hydrogen-bond acceptors (Lipinski definition) is 2. The fourth-order valence-electron chi connectivity index (χ4n) is 11.5. The Hall–Kier alpha value is -7.16. The number of benzene rings is 8. The van der Waals surface area contributed by atoms with Crippen molar-refractivity contribution < 1.29 is 0 Å². The van der Waals surface area contributed by atoms with Gasteiger partial charge in [-0.25, -0.2) is 0 Å². The van der Waals surface area contributed by atoms with Gasteiger partial charge in [-0.15, -0.1) is 0 Å². The SMILES string of the molecule is CCC1(CC)c2cc(/C=C/c3ccc(N4c5ccccc5C(C)(C)c5ccccc54)cc3)ccc2-c2ccc(/C=C/c3ccc(N4c5ccccc5C(C)(C)c5ccccc54)cc3)cc21. The fourth-order valence-corrected chi connectivity index (χ4v) is 11.5. The molecule has 0 spiro atoms. The molecular formula is C63H56N2. The Morgan fingerprint density at radius 1 is 0.338 bits per heavy atom. The van der Waals surface area contributed by atoms with Crippen LogP contribution in [0.5, 0.6) is 0 Å². The summed E-state index contributed by atoms with van der Waals surface area (Å²) in [6.07, 6.45) is 11.2. The molecule has 0 aromatic heterocycles. The second-order valence-electron chi connectivity index (χ2n) is 19.2. The molecular weight excluding hydrogens is 785 g/mol. The van der Waals surface area contributed by atoms with Crippen LogP contribution in [0.1, 0.15) is 110 Å². The van der Waals surface area contributed by atoms with Crippen LogP contribution in [0.4, 0.5) is 34.1 Å². The van der Waals surface area contributed by atoms with Crippen molar-refractivity contribution in [3.05, 3.63) is 238 Å². The van der Waals surface area contributed by atoms with Gasteiger partial charge in [0.15, 0.2) is 0 Å². The van der Waals surface area contributed by atoms with Crippen molar-refractivity contribution in [3.63, 3.8) is 0 Å². The van der Waals surface area contributed by atoms with Gasteiger partial charge in [-0.05, 0) is 128 Å². The summed E-state index contributed by atoms with van der Waals surface area (Å²) in [5.74, 6) is 0. The van der Waals surface area contributed by atoms with E-state index in [0.717, 1.165) is 12.8 Å². The van der Waals surface area contributed by atoms with Gasteiger partial charge in [-0.3, -0.25) is 0 Å². The summed E-state index contributed by atoms with van der Waals surface area (Å²) in [5.41, 5.74) is 23.0. The fraction of sp³-hybridized carbons (Fsp3) is 0.175. The van der Waals surface area contributed by atoms with Crippen LogP contribution >= 0.6 is 0 Å². The van der Waals surface area contributed by atoms with Crippen molar-refractivity contribution in [1.29, 1.82) is 0 Å². The summed E-state index contributed by atoms with van der Waals surface area (Å²) in [4.78, 5) is 4.84. The minimum Gasteiger partial charge on any atom is -0.310 e. The molecule has 1 aliphatic carbocycles. The Kier molecular flexibility index (Phi) is 9.70. The van der Waals surface area contributed by atoms with Gasteiger partial charge in [0.05, 0.1) is 22.7 Å². The summed E-state index contributed by atoms with van der Waals surface area (Å²) in [6, 6.07) is 67.6. The molecule has 318 valence electrons. The molecule has 2 aliphatic heterocycles. The van der Waals surface area contributed by atoms with Gasteiger partial charge in [0.2, 0.25) is 0 Å². The molecule has 0 N–H and O–H groups in total. The molecule has 0 amide bonds. The van der Waals surface area contributed by atoms with E-state index in [0.29, 0.717) is 0 Å². The van der Waals surface area contributed by atoms with E-state index in [2.05, 4.69) is 258 Å². The highest BCUT2D eigenvalue weighted by Gasteiger charge is 2.41. The van der Waals surface area contributed by atoms with Crippen LogP contribution in [0.2, 0.25) is 0 Å². The van der Waals surface area contributed by atoms with E-state index in [1.54, 1.807) is 0 Å². The van der Waals surface area contributed by atoms with Gasteiger partial charge in [-0.2, -0.15) is 0 Å². The predicted octanol–water partition coefficient (Wildman–Crippen LogP) is 17.3. The zero-order valence-corrected chi connectivity index (χ0v) is 38.4. The highest BCUT2D eigenvalue weighted by Crippen LogP contribution is 2.55. The number of hydrogen-bond donors (Lipinski definition) is 0. The molecule has 2 nitrogen and oxygen atoms in total. The highest BCUT2D eigenvalue weighted by atomic mass is 15.2. The van der Waals surface area contributed by atoms with E-state index in [-0.39, 0.29) is 16.2 Å². The third-order valence-electron chi connectivity index (χ3n) is 15.1. The first-order valence-electron chi connectivity index (χ1n) is 23.5. The Morgan fingerprint density at radius 2 is 0.631 bits per heavy atom. The Morgan fingerprint density at radius 3 is 0.954 bits per heavy atom. The largest absolute Gasteiger partial charge is 0.310 e. The lowest BCUT2D eigenvalue weighted by atomic mass is 9.73. The van der Waals surface area contributed by atoms with Gasteiger partial charge >= 0.3 is 0 Å². The molecule has 3 aliphatic rings. The van der Waals surface area contributed by atoms with Crippen molar-refractivity contribution in [3.8, 4) is 11.1 Å².